The molecule has 1 fully saturated rings. The Morgan fingerprint density at radius 1 is 1.04 bits per heavy atom. The predicted octanol–water partition coefficient (Wildman–Crippen LogP) is 3.75. The van der Waals surface area contributed by atoms with Gasteiger partial charge in [-0.2, -0.15) is 0 Å². The number of carbonyl (C=O) groups is 1. The van der Waals surface area contributed by atoms with Crippen LogP contribution in [-0.4, -0.2) is 43.5 Å². The number of benzene rings is 2. The average Bonchev–Trinajstić information content (AvgIpc) is 2.64. The molecule has 1 spiro atoms. The number of piperidine rings is 1. The zero-order valence-corrected chi connectivity index (χ0v) is 15.6. The molecule has 136 valence electrons. The van der Waals surface area contributed by atoms with E-state index in [0.29, 0.717) is 6.42 Å². The number of fused-ring (bicyclic) bond motifs is 1. The third kappa shape index (κ3) is 3.34. The van der Waals surface area contributed by atoms with Gasteiger partial charge in [-0.1, -0.05) is 24.3 Å². The lowest BCUT2D eigenvalue weighted by Gasteiger charge is -2.44. The van der Waals surface area contributed by atoms with E-state index in [9.17, 15) is 4.79 Å². The maximum absolute atomic E-state index is 12.5. The first kappa shape index (κ1) is 17.1. The number of anilines is 1. The summed E-state index contributed by atoms with van der Waals surface area (Å²) in [6, 6.07) is 16.4. The largest absolute Gasteiger partial charge is 0.486 e. The van der Waals surface area contributed by atoms with Crippen molar-refractivity contribution in [1.82, 2.24) is 4.90 Å². The van der Waals surface area contributed by atoms with E-state index < -0.39 is 0 Å². The van der Waals surface area contributed by atoms with E-state index in [0.717, 1.165) is 43.8 Å². The van der Waals surface area contributed by atoms with Crippen molar-refractivity contribution in [2.24, 2.45) is 0 Å². The van der Waals surface area contributed by atoms with Gasteiger partial charge in [0.05, 0.1) is 12.0 Å². The molecular formula is C22H26N2O2. The summed E-state index contributed by atoms with van der Waals surface area (Å²) in [7, 11) is 4.12. The first-order chi connectivity index (χ1) is 12.5. The fourth-order valence-corrected chi connectivity index (χ4v) is 4.00. The minimum Gasteiger partial charge on any atom is -0.486 e. The van der Waals surface area contributed by atoms with Crippen LogP contribution in [0.15, 0.2) is 48.5 Å². The normalized spacial score (nSPS) is 19.1. The minimum atomic E-state index is -0.309. The van der Waals surface area contributed by atoms with E-state index >= 15 is 0 Å². The molecule has 4 nitrogen and oxygen atoms in total. The summed E-state index contributed by atoms with van der Waals surface area (Å²) in [4.78, 5) is 17.1. The second kappa shape index (κ2) is 6.76. The standard InChI is InChI=1S/C22H26N2O2/c1-23(2)18-9-7-17(8-10-18)16-24-13-11-22(12-14-24)15-20(25)19-5-3-4-6-21(19)26-22/h3-10H,11-16H2,1-2H3. The molecule has 0 unspecified atom stereocenters. The topological polar surface area (TPSA) is 32.8 Å². The summed E-state index contributed by atoms with van der Waals surface area (Å²) in [5.74, 6) is 0.982. The highest BCUT2D eigenvalue weighted by Gasteiger charge is 2.42. The van der Waals surface area contributed by atoms with Crippen LogP contribution in [0.4, 0.5) is 5.69 Å². The predicted molar refractivity (Wildman–Crippen MR) is 104 cm³/mol. The second-order valence-electron chi connectivity index (χ2n) is 7.72. The molecular weight excluding hydrogens is 324 g/mol. The zero-order valence-electron chi connectivity index (χ0n) is 15.6. The Balaban J connectivity index is 1.39. The fraction of sp³-hybridized carbons (Fsp3) is 0.409. The Kier molecular flexibility index (Phi) is 4.45. The molecule has 1 saturated heterocycles. The zero-order chi connectivity index (χ0) is 18.1. The molecule has 4 rings (SSSR count). The molecule has 26 heavy (non-hydrogen) atoms. The van der Waals surface area contributed by atoms with Gasteiger partial charge in [0.15, 0.2) is 5.78 Å². The lowest BCUT2D eigenvalue weighted by molar-refractivity contribution is -0.0107. The molecule has 0 N–H and O–H groups in total. The van der Waals surface area contributed by atoms with Crippen molar-refractivity contribution in [3.8, 4) is 5.75 Å². The van der Waals surface area contributed by atoms with Crippen LogP contribution in [0.3, 0.4) is 0 Å². The summed E-state index contributed by atoms with van der Waals surface area (Å²) in [6.45, 7) is 2.88. The summed E-state index contributed by atoms with van der Waals surface area (Å²) in [5.41, 5.74) is 2.98. The Morgan fingerprint density at radius 3 is 2.42 bits per heavy atom. The van der Waals surface area contributed by atoms with Crippen molar-refractivity contribution in [3.63, 3.8) is 0 Å². The van der Waals surface area contributed by atoms with Gasteiger partial charge >= 0.3 is 0 Å². The van der Waals surface area contributed by atoms with Crippen LogP contribution in [-0.2, 0) is 6.54 Å². The molecule has 2 aromatic rings. The Morgan fingerprint density at radius 2 is 1.73 bits per heavy atom. The number of hydrogen-bond acceptors (Lipinski definition) is 4. The Bertz CT molecular complexity index is 790. The Labute approximate surface area is 155 Å². The third-order valence-electron chi connectivity index (χ3n) is 5.62. The van der Waals surface area contributed by atoms with Crippen molar-refractivity contribution < 1.29 is 9.53 Å². The van der Waals surface area contributed by atoms with Crippen LogP contribution in [0, 0.1) is 0 Å². The molecule has 0 atom stereocenters. The number of ether oxygens (including phenoxy) is 1. The van der Waals surface area contributed by atoms with E-state index in [1.807, 2.05) is 24.3 Å². The molecule has 0 aliphatic carbocycles. The molecule has 2 heterocycles. The van der Waals surface area contributed by atoms with Crippen LogP contribution < -0.4 is 9.64 Å². The number of Topliss-reactive ketones (excluding diaryl/α,β-unsaturated/α-hetero) is 1. The van der Waals surface area contributed by atoms with Crippen molar-refractivity contribution in [2.45, 2.75) is 31.4 Å². The van der Waals surface area contributed by atoms with E-state index in [4.69, 9.17) is 4.74 Å². The molecule has 0 saturated carbocycles. The monoisotopic (exact) mass is 350 g/mol. The highest BCUT2D eigenvalue weighted by atomic mass is 16.5. The summed E-state index contributed by atoms with van der Waals surface area (Å²) in [5, 5.41) is 0. The van der Waals surface area contributed by atoms with Crippen molar-refractivity contribution in [2.75, 3.05) is 32.1 Å². The molecule has 0 radical (unpaired) electrons. The van der Waals surface area contributed by atoms with Crippen LogP contribution in [0.1, 0.15) is 35.2 Å². The van der Waals surface area contributed by atoms with Crippen molar-refractivity contribution in [1.29, 1.82) is 0 Å². The van der Waals surface area contributed by atoms with E-state index in [2.05, 4.69) is 48.2 Å². The minimum absolute atomic E-state index is 0.222. The van der Waals surface area contributed by atoms with E-state index in [1.165, 1.54) is 11.3 Å². The number of hydrogen-bond donors (Lipinski definition) is 0. The molecule has 2 aromatic carbocycles. The number of ketones is 1. The van der Waals surface area contributed by atoms with Gasteiger partial charge in [-0.15, -0.1) is 0 Å². The van der Waals surface area contributed by atoms with Gasteiger partial charge in [0.2, 0.25) is 0 Å². The van der Waals surface area contributed by atoms with Crippen molar-refractivity contribution >= 4 is 11.5 Å². The number of nitrogens with zero attached hydrogens (tertiary/aromatic N) is 2. The number of rotatable bonds is 3. The van der Waals surface area contributed by atoms with E-state index in [-0.39, 0.29) is 11.4 Å². The van der Waals surface area contributed by atoms with E-state index in [1.54, 1.807) is 0 Å². The Hall–Kier alpha value is -2.33. The molecule has 0 bridgehead atoms. The summed E-state index contributed by atoms with van der Waals surface area (Å²) < 4.78 is 6.32. The van der Waals surface area contributed by atoms with Gasteiger partial charge in [-0.25, -0.2) is 0 Å². The van der Waals surface area contributed by atoms with Crippen LogP contribution in [0.2, 0.25) is 0 Å². The number of para-hydroxylation sites is 1. The fourth-order valence-electron chi connectivity index (χ4n) is 4.00. The van der Waals surface area contributed by atoms with Crippen LogP contribution in [0.25, 0.3) is 0 Å². The molecule has 2 aliphatic heterocycles. The van der Waals surface area contributed by atoms with Gasteiger partial charge in [0.1, 0.15) is 11.4 Å². The molecule has 2 aliphatic rings. The maximum atomic E-state index is 12.5. The maximum Gasteiger partial charge on any atom is 0.170 e. The molecule has 0 amide bonds. The van der Waals surface area contributed by atoms with Crippen LogP contribution >= 0.6 is 0 Å². The van der Waals surface area contributed by atoms with Gasteiger partial charge in [0, 0.05) is 52.3 Å². The first-order valence-corrected chi connectivity index (χ1v) is 9.35. The second-order valence-corrected chi connectivity index (χ2v) is 7.72. The van der Waals surface area contributed by atoms with Gasteiger partial charge < -0.3 is 9.64 Å². The molecule has 0 aromatic heterocycles. The lowest BCUT2D eigenvalue weighted by Crippen LogP contribution is -2.50. The summed E-state index contributed by atoms with van der Waals surface area (Å²) >= 11 is 0. The number of carbonyl (C=O) groups excluding carboxylic acids is 1. The van der Waals surface area contributed by atoms with Gasteiger partial charge in [-0.3, -0.25) is 9.69 Å². The number of likely N-dealkylation sites (tertiary alicyclic amines) is 1. The highest BCUT2D eigenvalue weighted by molar-refractivity contribution is 6.00. The van der Waals surface area contributed by atoms with Gasteiger partial charge in [-0.05, 0) is 29.8 Å². The highest BCUT2D eigenvalue weighted by Crippen LogP contribution is 2.39. The average molecular weight is 350 g/mol. The smallest absolute Gasteiger partial charge is 0.170 e. The SMILES string of the molecule is CN(C)c1ccc(CN2CCC3(CC2)CC(=O)c2ccccc2O3)cc1. The first-order valence-electron chi connectivity index (χ1n) is 9.35. The van der Waals surface area contributed by atoms with Crippen LogP contribution in [0.5, 0.6) is 5.75 Å². The van der Waals surface area contributed by atoms with Gasteiger partial charge in [0.25, 0.3) is 0 Å². The third-order valence-corrected chi connectivity index (χ3v) is 5.62. The molecule has 4 heteroatoms. The quantitative estimate of drug-likeness (QED) is 0.844. The summed E-state index contributed by atoms with van der Waals surface area (Å²) in [6.07, 6.45) is 2.32. The lowest BCUT2D eigenvalue weighted by atomic mass is 9.82. The van der Waals surface area contributed by atoms with Crippen molar-refractivity contribution in [3.05, 3.63) is 59.7 Å².